The maximum atomic E-state index is 6.05. The van der Waals surface area contributed by atoms with Gasteiger partial charge in [0.25, 0.3) is 0 Å². The summed E-state index contributed by atoms with van der Waals surface area (Å²) in [5, 5.41) is 3.84. The van der Waals surface area contributed by atoms with Gasteiger partial charge in [-0.2, -0.15) is 11.8 Å². The van der Waals surface area contributed by atoms with Gasteiger partial charge in [0.2, 0.25) is 0 Å². The molecule has 1 aliphatic carbocycles. The summed E-state index contributed by atoms with van der Waals surface area (Å²) in [7, 11) is 0. The molecule has 1 spiro atoms. The second-order valence-corrected chi connectivity index (χ2v) is 7.54. The molecule has 1 N–H and O–H groups in total. The van der Waals surface area contributed by atoms with Crippen LogP contribution in [0.15, 0.2) is 0 Å². The molecule has 3 fully saturated rings. The van der Waals surface area contributed by atoms with E-state index in [1.807, 2.05) is 0 Å². The normalized spacial score (nSPS) is 46.1. The Morgan fingerprint density at radius 2 is 2.12 bits per heavy atom. The van der Waals surface area contributed by atoms with Gasteiger partial charge in [-0.3, -0.25) is 0 Å². The highest BCUT2D eigenvalue weighted by atomic mass is 32.2. The molecule has 2 aliphatic heterocycles. The minimum absolute atomic E-state index is 0.236. The van der Waals surface area contributed by atoms with Crippen molar-refractivity contribution in [2.75, 3.05) is 18.1 Å². The fourth-order valence-corrected chi connectivity index (χ4v) is 4.45. The first kappa shape index (κ1) is 11.4. The van der Waals surface area contributed by atoms with E-state index in [1.54, 1.807) is 0 Å². The van der Waals surface area contributed by atoms with Crippen LogP contribution in [0.25, 0.3) is 0 Å². The highest BCUT2D eigenvalue weighted by Gasteiger charge is 2.48. The molecule has 3 aliphatic rings. The van der Waals surface area contributed by atoms with E-state index in [0.717, 1.165) is 12.6 Å². The first-order valence-corrected chi connectivity index (χ1v) is 7.73. The molecule has 2 nitrogen and oxygen atoms in total. The summed E-state index contributed by atoms with van der Waals surface area (Å²) in [6.45, 7) is 5.70. The Morgan fingerprint density at radius 3 is 2.75 bits per heavy atom. The minimum Gasteiger partial charge on any atom is -0.374 e. The molecule has 2 saturated heterocycles. The van der Waals surface area contributed by atoms with E-state index >= 15 is 0 Å². The maximum Gasteiger partial charge on any atom is 0.0795 e. The van der Waals surface area contributed by atoms with Gasteiger partial charge in [0.1, 0.15) is 0 Å². The summed E-state index contributed by atoms with van der Waals surface area (Å²) < 4.78 is 6.05. The minimum atomic E-state index is 0.236. The lowest BCUT2D eigenvalue weighted by Crippen LogP contribution is -2.48. The van der Waals surface area contributed by atoms with Crippen molar-refractivity contribution in [2.24, 2.45) is 5.41 Å². The zero-order chi connectivity index (χ0) is 11.2. The van der Waals surface area contributed by atoms with E-state index in [9.17, 15) is 0 Å². The van der Waals surface area contributed by atoms with E-state index < -0.39 is 0 Å². The van der Waals surface area contributed by atoms with Crippen molar-refractivity contribution in [1.29, 1.82) is 0 Å². The highest BCUT2D eigenvalue weighted by Crippen LogP contribution is 2.46. The second kappa shape index (κ2) is 3.89. The monoisotopic (exact) mass is 241 g/mol. The van der Waals surface area contributed by atoms with E-state index in [4.69, 9.17) is 4.74 Å². The fraction of sp³-hybridized carbons (Fsp3) is 1.00. The average Bonchev–Trinajstić information content (AvgIpc) is 2.63. The molecule has 2 heterocycles. The van der Waals surface area contributed by atoms with Gasteiger partial charge in [-0.25, -0.2) is 0 Å². The zero-order valence-corrected chi connectivity index (χ0v) is 11.2. The van der Waals surface area contributed by atoms with Crippen LogP contribution in [0, 0.1) is 5.41 Å². The summed E-state index contributed by atoms with van der Waals surface area (Å²) in [4.78, 5) is 0. The molecule has 0 aromatic rings. The van der Waals surface area contributed by atoms with Crippen molar-refractivity contribution in [3.05, 3.63) is 0 Å². The van der Waals surface area contributed by atoms with Gasteiger partial charge in [0, 0.05) is 24.4 Å². The number of thioether (sulfide) groups is 1. The number of ether oxygens (including phenoxy) is 1. The lowest BCUT2D eigenvalue weighted by atomic mass is 9.89. The largest absolute Gasteiger partial charge is 0.374 e. The standard InChI is InChI=1S/C13H23NOS/c1-12(2)8-11(12)14-10-3-5-15-13(7-10)4-6-16-9-13/h10-11,14H,3-9H2,1-2H3. The summed E-state index contributed by atoms with van der Waals surface area (Å²) in [6.07, 6.45) is 5.07. The topological polar surface area (TPSA) is 21.3 Å². The molecule has 0 bridgehead atoms. The van der Waals surface area contributed by atoms with Gasteiger partial charge in [0.05, 0.1) is 5.60 Å². The Hall–Kier alpha value is 0.270. The molecule has 3 heteroatoms. The molecule has 0 aromatic heterocycles. The average molecular weight is 241 g/mol. The van der Waals surface area contributed by atoms with Gasteiger partial charge in [-0.05, 0) is 36.9 Å². The van der Waals surface area contributed by atoms with Crippen LogP contribution in [0.1, 0.15) is 39.5 Å². The molecule has 0 radical (unpaired) electrons. The second-order valence-electron chi connectivity index (χ2n) is 6.44. The predicted molar refractivity (Wildman–Crippen MR) is 69.0 cm³/mol. The molecule has 92 valence electrons. The van der Waals surface area contributed by atoms with Crippen molar-refractivity contribution in [1.82, 2.24) is 5.32 Å². The van der Waals surface area contributed by atoms with Crippen molar-refractivity contribution in [2.45, 2.75) is 57.2 Å². The van der Waals surface area contributed by atoms with Gasteiger partial charge in [-0.1, -0.05) is 13.8 Å². The Labute approximate surface area is 103 Å². The summed E-state index contributed by atoms with van der Waals surface area (Å²) >= 11 is 2.06. The van der Waals surface area contributed by atoms with Gasteiger partial charge in [0.15, 0.2) is 0 Å². The smallest absolute Gasteiger partial charge is 0.0795 e. The Balaban J connectivity index is 1.56. The molecule has 0 aromatic carbocycles. The third-order valence-corrected chi connectivity index (χ3v) is 5.73. The maximum absolute atomic E-state index is 6.05. The van der Waals surface area contributed by atoms with Crippen molar-refractivity contribution < 1.29 is 4.74 Å². The SMILES string of the molecule is CC1(C)CC1NC1CCOC2(CCSC2)C1. The van der Waals surface area contributed by atoms with Crippen molar-refractivity contribution in [3.63, 3.8) is 0 Å². The zero-order valence-electron chi connectivity index (χ0n) is 10.4. The summed E-state index contributed by atoms with van der Waals surface area (Å²) in [6, 6.07) is 1.47. The van der Waals surface area contributed by atoms with Crippen LogP contribution in [0.3, 0.4) is 0 Å². The van der Waals surface area contributed by atoms with Crippen LogP contribution in [0.4, 0.5) is 0 Å². The molecule has 16 heavy (non-hydrogen) atoms. The Bertz CT molecular complexity index is 273. The van der Waals surface area contributed by atoms with Gasteiger partial charge in [-0.15, -0.1) is 0 Å². The number of hydrogen-bond donors (Lipinski definition) is 1. The van der Waals surface area contributed by atoms with Gasteiger partial charge < -0.3 is 10.1 Å². The molecule has 3 unspecified atom stereocenters. The van der Waals surface area contributed by atoms with Crippen molar-refractivity contribution >= 4 is 11.8 Å². The van der Waals surface area contributed by atoms with E-state index in [2.05, 4.69) is 30.9 Å². The molecular weight excluding hydrogens is 218 g/mol. The van der Waals surface area contributed by atoms with Crippen LogP contribution in [0.2, 0.25) is 0 Å². The summed E-state index contributed by atoms with van der Waals surface area (Å²) in [5.41, 5.74) is 0.787. The molecular formula is C13H23NOS. The van der Waals surface area contributed by atoms with E-state index in [1.165, 1.54) is 37.2 Å². The van der Waals surface area contributed by atoms with Crippen LogP contribution in [0.5, 0.6) is 0 Å². The lowest BCUT2D eigenvalue weighted by Gasteiger charge is -2.38. The third kappa shape index (κ3) is 2.14. The van der Waals surface area contributed by atoms with Crippen LogP contribution in [-0.2, 0) is 4.74 Å². The van der Waals surface area contributed by atoms with E-state index in [-0.39, 0.29) is 5.60 Å². The summed E-state index contributed by atoms with van der Waals surface area (Å²) in [5.74, 6) is 2.51. The number of nitrogens with one attached hydrogen (secondary N) is 1. The third-order valence-electron chi connectivity index (χ3n) is 4.51. The molecule has 0 amide bonds. The molecule has 1 saturated carbocycles. The van der Waals surface area contributed by atoms with Crippen LogP contribution in [-0.4, -0.2) is 35.8 Å². The quantitative estimate of drug-likeness (QED) is 0.802. The van der Waals surface area contributed by atoms with E-state index in [0.29, 0.717) is 11.5 Å². The first-order chi connectivity index (χ1) is 7.60. The van der Waals surface area contributed by atoms with Gasteiger partial charge >= 0.3 is 0 Å². The number of rotatable bonds is 2. The number of hydrogen-bond acceptors (Lipinski definition) is 3. The van der Waals surface area contributed by atoms with Crippen LogP contribution < -0.4 is 5.32 Å². The predicted octanol–water partition coefficient (Wildman–Crippen LogP) is 2.43. The fourth-order valence-electron chi connectivity index (χ4n) is 3.07. The molecule has 3 rings (SSSR count). The Kier molecular flexibility index (Phi) is 2.76. The van der Waals surface area contributed by atoms with Crippen molar-refractivity contribution in [3.8, 4) is 0 Å². The first-order valence-electron chi connectivity index (χ1n) is 6.58. The van der Waals surface area contributed by atoms with Crippen LogP contribution >= 0.6 is 11.8 Å². The Morgan fingerprint density at radius 1 is 1.31 bits per heavy atom. The molecule has 3 atom stereocenters. The highest BCUT2D eigenvalue weighted by molar-refractivity contribution is 7.99. The lowest BCUT2D eigenvalue weighted by molar-refractivity contribution is -0.0705.